The average molecular weight is 237 g/mol. The highest BCUT2D eigenvalue weighted by atomic mass is 19.1. The molecule has 2 rings (SSSR count). The smallest absolute Gasteiger partial charge is 0.123 e. The molecule has 1 fully saturated rings. The van der Waals surface area contributed by atoms with Crippen LogP contribution in [0, 0.1) is 5.82 Å². The van der Waals surface area contributed by atoms with Crippen molar-refractivity contribution >= 4 is 0 Å². The van der Waals surface area contributed by atoms with Gasteiger partial charge in [-0.1, -0.05) is 12.1 Å². The quantitative estimate of drug-likeness (QED) is 0.849. The molecule has 0 aromatic heterocycles. The van der Waals surface area contributed by atoms with E-state index in [1.807, 2.05) is 26.0 Å². The van der Waals surface area contributed by atoms with Crippen LogP contribution in [-0.2, 0) is 10.2 Å². The van der Waals surface area contributed by atoms with Gasteiger partial charge in [0.1, 0.15) is 5.82 Å². The van der Waals surface area contributed by atoms with Gasteiger partial charge >= 0.3 is 0 Å². The van der Waals surface area contributed by atoms with Gasteiger partial charge in [-0.25, -0.2) is 4.39 Å². The van der Waals surface area contributed by atoms with E-state index in [1.165, 1.54) is 5.56 Å². The van der Waals surface area contributed by atoms with Crippen LogP contribution in [0.15, 0.2) is 24.3 Å². The van der Waals surface area contributed by atoms with Crippen molar-refractivity contribution in [1.29, 1.82) is 0 Å². The summed E-state index contributed by atoms with van der Waals surface area (Å²) >= 11 is 0. The third kappa shape index (κ3) is 2.85. The fourth-order valence-electron chi connectivity index (χ4n) is 2.25. The predicted octanol–water partition coefficient (Wildman–Crippen LogP) is 2.48. The monoisotopic (exact) mass is 237 g/mol. The Balaban J connectivity index is 2.01. The number of nitrogens with one attached hydrogen (secondary N) is 1. The molecule has 94 valence electrons. The molecule has 1 aliphatic heterocycles. The van der Waals surface area contributed by atoms with Crippen molar-refractivity contribution in [2.45, 2.75) is 31.8 Å². The van der Waals surface area contributed by atoms with Gasteiger partial charge in [0.05, 0.1) is 6.10 Å². The highest BCUT2D eigenvalue weighted by molar-refractivity contribution is 5.30. The van der Waals surface area contributed by atoms with Gasteiger partial charge in [-0.15, -0.1) is 0 Å². The van der Waals surface area contributed by atoms with E-state index in [0.717, 1.165) is 26.1 Å². The van der Waals surface area contributed by atoms with E-state index in [0.29, 0.717) is 0 Å². The first-order valence-corrected chi connectivity index (χ1v) is 6.21. The minimum absolute atomic E-state index is 0.141. The van der Waals surface area contributed by atoms with Crippen molar-refractivity contribution in [2.24, 2.45) is 0 Å². The Labute approximate surface area is 102 Å². The minimum atomic E-state index is -0.172. The van der Waals surface area contributed by atoms with Gasteiger partial charge in [-0.05, 0) is 38.0 Å². The van der Waals surface area contributed by atoms with E-state index in [1.54, 1.807) is 12.1 Å². The lowest BCUT2D eigenvalue weighted by atomic mass is 9.73. The first kappa shape index (κ1) is 12.5. The summed E-state index contributed by atoms with van der Waals surface area (Å²) in [5.74, 6) is -0.172. The first-order valence-electron chi connectivity index (χ1n) is 6.21. The SMILES string of the molecule is CC(C)OCCC1(c2ccc(F)cc2)CNC1. The van der Waals surface area contributed by atoms with E-state index in [2.05, 4.69) is 5.32 Å². The fraction of sp³-hybridized carbons (Fsp3) is 0.571. The molecule has 0 spiro atoms. The molecule has 0 bridgehead atoms. The number of hydrogen-bond donors (Lipinski definition) is 1. The van der Waals surface area contributed by atoms with Crippen molar-refractivity contribution in [1.82, 2.24) is 5.32 Å². The van der Waals surface area contributed by atoms with Crippen molar-refractivity contribution in [3.8, 4) is 0 Å². The normalized spacial score (nSPS) is 18.1. The van der Waals surface area contributed by atoms with Crippen LogP contribution in [0.5, 0.6) is 0 Å². The molecule has 1 aliphatic rings. The number of benzene rings is 1. The van der Waals surface area contributed by atoms with Crippen LogP contribution in [0.2, 0.25) is 0 Å². The minimum Gasteiger partial charge on any atom is -0.379 e. The maximum Gasteiger partial charge on any atom is 0.123 e. The molecule has 0 atom stereocenters. The Morgan fingerprint density at radius 1 is 1.29 bits per heavy atom. The molecule has 17 heavy (non-hydrogen) atoms. The summed E-state index contributed by atoms with van der Waals surface area (Å²) in [6, 6.07) is 6.87. The zero-order chi connectivity index (χ0) is 12.3. The van der Waals surface area contributed by atoms with Crippen molar-refractivity contribution in [3.05, 3.63) is 35.6 Å². The fourth-order valence-corrected chi connectivity index (χ4v) is 2.25. The highest BCUT2D eigenvalue weighted by Gasteiger charge is 2.38. The second-order valence-corrected chi connectivity index (χ2v) is 5.06. The van der Waals surface area contributed by atoms with Gasteiger partial charge in [-0.3, -0.25) is 0 Å². The van der Waals surface area contributed by atoms with Crippen LogP contribution >= 0.6 is 0 Å². The Hall–Kier alpha value is -0.930. The van der Waals surface area contributed by atoms with Gasteiger partial charge in [-0.2, -0.15) is 0 Å². The van der Waals surface area contributed by atoms with Crippen LogP contribution in [0.4, 0.5) is 4.39 Å². The summed E-state index contributed by atoms with van der Waals surface area (Å²) in [5, 5.41) is 3.30. The Morgan fingerprint density at radius 3 is 2.41 bits per heavy atom. The molecule has 1 N–H and O–H groups in total. The van der Waals surface area contributed by atoms with Crippen LogP contribution < -0.4 is 5.32 Å². The zero-order valence-electron chi connectivity index (χ0n) is 10.5. The average Bonchev–Trinajstić information content (AvgIpc) is 2.23. The van der Waals surface area contributed by atoms with E-state index in [-0.39, 0.29) is 17.3 Å². The third-order valence-electron chi connectivity index (χ3n) is 3.42. The maximum absolute atomic E-state index is 12.9. The predicted molar refractivity (Wildman–Crippen MR) is 66.7 cm³/mol. The molecule has 0 unspecified atom stereocenters. The standard InChI is InChI=1S/C14H20FNO/c1-11(2)17-8-7-14(9-16-10-14)12-3-5-13(15)6-4-12/h3-6,11,16H,7-10H2,1-2H3. The third-order valence-corrected chi connectivity index (χ3v) is 3.42. The number of hydrogen-bond acceptors (Lipinski definition) is 2. The van der Waals surface area contributed by atoms with Crippen LogP contribution in [0.3, 0.4) is 0 Å². The van der Waals surface area contributed by atoms with Gasteiger partial charge < -0.3 is 10.1 Å². The van der Waals surface area contributed by atoms with Crippen molar-refractivity contribution < 1.29 is 9.13 Å². The summed E-state index contributed by atoms with van der Waals surface area (Å²) in [7, 11) is 0. The topological polar surface area (TPSA) is 21.3 Å². The molecule has 1 aromatic rings. The van der Waals surface area contributed by atoms with Crippen LogP contribution in [0.25, 0.3) is 0 Å². The van der Waals surface area contributed by atoms with Gasteiger partial charge in [0, 0.05) is 25.1 Å². The van der Waals surface area contributed by atoms with E-state index >= 15 is 0 Å². The lowest BCUT2D eigenvalue weighted by Crippen LogP contribution is -2.57. The molecule has 0 saturated carbocycles. The lowest BCUT2D eigenvalue weighted by molar-refractivity contribution is 0.0556. The summed E-state index contributed by atoms with van der Waals surface area (Å²) in [4.78, 5) is 0. The molecule has 0 amide bonds. The molecule has 3 heteroatoms. The number of ether oxygens (including phenoxy) is 1. The molecule has 0 aliphatic carbocycles. The molecule has 2 nitrogen and oxygen atoms in total. The van der Waals surface area contributed by atoms with Crippen LogP contribution in [-0.4, -0.2) is 25.8 Å². The summed E-state index contributed by atoms with van der Waals surface area (Å²) in [5.41, 5.74) is 1.35. The van der Waals surface area contributed by atoms with E-state index in [4.69, 9.17) is 4.74 Å². The second kappa shape index (κ2) is 5.15. The van der Waals surface area contributed by atoms with E-state index in [9.17, 15) is 4.39 Å². The van der Waals surface area contributed by atoms with Gasteiger partial charge in [0.2, 0.25) is 0 Å². The Bertz CT molecular complexity index is 357. The molecular formula is C14H20FNO. The Morgan fingerprint density at radius 2 is 1.94 bits per heavy atom. The highest BCUT2D eigenvalue weighted by Crippen LogP contribution is 2.32. The summed E-state index contributed by atoms with van der Waals surface area (Å²) in [6.45, 7) is 6.77. The molecule has 1 heterocycles. The largest absolute Gasteiger partial charge is 0.379 e. The van der Waals surface area contributed by atoms with E-state index < -0.39 is 0 Å². The first-order chi connectivity index (χ1) is 8.12. The molecule has 0 radical (unpaired) electrons. The molecule has 1 aromatic carbocycles. The molecular weight excluding hydrogens is 217 g/mol. The van der Waals surface area contributed by atoms with Gasteiger partial charge in [0.15, 0.2) is 0 Å². The lowest BCUT2D eigenvalue weighted by Gasteiger charge is -2.43. The van der Waals surface area contributed by atoms with Gasteiger partial charge in [0.25, 0.3) is 0 Å². The zero-order valence-corrected chi connectivity index (χ0v) is 10.5. The maximum atomic E-state index is 12.9. The van der Waals surface area contributed by atoms with Crippen molar-refractivity contribution in [3.63, 3.8) is 0 Å². The number of rotatable bonds is 5. The molecule has 1 saturated heterocycles. The number of halogens is 1. The summed E-state index contributed by atoms with van der Waals surface area (Å²) in [6.07, 6.45) is 1.26. The van der Waals surface area contributed by atoms with Crippen molar-refractivity contribution in [2.75, 3.05) is 19.7 Å². The Kier molecular flexibility index (Phi) is 3.79. The summed E-state index contributed by atoms with van der Waals surface area (Å²) < 4.78 is 18.5. The second-order valence-electron chi connectivity index (χ2n) is 5.06. The van der Waals surface area contributed by atoms with Crippen LogP contribution in [0.1, 0.15) is 25.8 Å².